The largest absolute Gasteiger partial charge is 0.411 e. The first-order valence-electron chi connectivity index (χ1n) is 6.33. The summed E-state index contributed by atoms with van der Waals surface area (Å²) in [5.41, 5.74) is -1.35. The molecule has 0 aromatic carbocycles. The highest BCUT2D eigenvalue weighted by Gasteiger charge is 2.64. The van der Waals surface area contributed by atoms with Crippen molar-refractivity contribution in [2.24, 2.45) is 0 Å². The van der Waals surface area contributed by atoms with Crippen LogP contribution >= 0.6 is 11.6 Å². The summed E-state index contributed by atoms with van der Waals surface area (Å²) in [5.74, 6) is -0.763. The second-order valence-corrected chi connectivity index (χ2v) is 5.34. The van der Waals surface area contributed by atoms with E-state index in [-0.39, 0.29) is 23.6 Å². The Bertz CT molecular complexity index is 527. The quantitative estimate of drug-likeness (QED) is 0.865. The van der Waals surface area contributed by atoms with Gasteiger partial charge in [-0.3, -0.25) is 4.79 Å². The van der Waals surface area contributed by atoms with Gasteiger partial charge in [-0.15, -0.1) is 0 Å². The van der Waals surface area contributed by atoms with Crippen molar-refractivity contribution in [1.82, 2.24) is 10.3 Å². The van der Waals surface area contributed by atoms with Gasteiger partial charge in [-0.25, -0.2) is 4.98 Å². The van der Waals surface area contributed by atoms with E-state index in [9.17, 15) is 18.0 Å². The third-order valence-electron chi connectivity index (χ3n) is 3.26. The Labute approximate surface area is 119 Å². The molecule has 0 saturated heterocycles. The molecule has 0 atom stereocenters. The van der Waals surface area contributed by atoms with E-state index in [1.54, 1.807) is 0 Å². The molecule has 0 aliphatic heterocycles. The van der Waals surface area contributed by atoms with Crippen molar-refractivity contribution in [2.45, 2.75) is 44.3 Å². The highest BCUT2D eigenvalue weighted by atomic mass is 35.5. The molecule has 1 N–H and O–H groups in total. The lowest BCUT2D eigenvalue weighted by atomic mass is 10.1. The number of aromatic nitrogens is 1. The topological polar surface area (TPSA) is 42.0 Å². The van der Waals surface area contributed by atoms with E-state index in [1.165, 1.54) is 12.1 Å². The van der Waals surface area contributed by atoms with Crippen LogP contribution in [0.4, 0.5) is 13.2 Å². The summed E-state index contributed by atoms with van der Waals surface area (Å²) in [6.07, 6.45) is -3.16. The first-order chi connectivity index (χ1) is 9.27. The highest BCUT2D eigenvalue weighted by Crippen LogP contribution is 2.49. The summed E-state index contributed by atoms with van der Waals surface area (Å²) in [6.45, 7) is 1.94. The van der Waals surface area contributed by atoms with E-state index in [1.807, 2.05) is 6.92 Å². The van der Waals surface area contributed by atoms with Crippen LogP contribution in [-0.4, -0.2) is 22.6 Å². The molecule has 20 heavy (non-hydrogen) atoms. The summed E-state index contributed by atoms with van der Waals surface area (Å²) >= 11 is 5.79. The number of amides is 1. The molecule has 110 valence electrons. The lowest BCUT2D eigenvalue weighted by Crippen LogP contribution is -2.47. The molecule has 1 aliphatic rings. The molecule has 0 spiro atoms. The fourth-order valence-corrected chi connectivity index (χ4v) is 2.19. The standard InChI is InChI=1S/C13H14ClF3N2O/c1-2-3-9-6-8(7-10(14)18-9)11(20)19-12(4-5-12)13(15,16)17/h6-7H,2-5H2,1H3,(H,19,20). The lowest BCUT2D eigenvalue weighted by Gasteiger charge is -2.20. The van der Waals surface area contributed by atoms with Gasteiger partial charge in [0.25, 0.3) is 5.91 Å². The minimum atomic E-state index is -4.42. The van der Waals surface area contributed by atoms with Gasteiger partial charge in [0.05, 0.1) is 0 Å². The third-order valence-corrected chi connectivity index (χ3v) is 3.45. The maximum atomic E-state index is 12.8. The van der Waals surface area contributed by atoms with Gasteiger partial charge in [0.15, 0.2) is 0 Å². The van der Waals surface area contributed by atoms with E-state index in [2.05, 4.69) is 10.3 Å². The third kappa shape index (κ3) is 3.06. The van der Waals surface area contributed by atoms with Crippen LogP contribution in [0, 0.1) is 0 Å². The average molecular weight is 307 g/mol. The molecule has 2 rings (SSSR count). The number of rotatable bonds is 4. The monoisotopic (exact) mass is 306 g/mol. The number of pyridine rings is 1. The molecule has 0 radical (unpaired) electrons. The first-order valence-corrected chi connectivity index (χ1v) is 6.71. The number of carbonyl (C=O) groups excluding carboxylic acids is 1. The minimum Gasteiger partial charge on any atom is -0.338 e. The molecule has 7 heteroatoms. The summed E-state index contributed by atoms with van der Waals surface area (Å²) in [7, 11) is 0. The number of aryl methyl sites for hydroxylation is 1. The Morgan fingerprint density at radius 3 is 2.60 bits per heavy atom. The van der Waals surface area contributed by atoms with Crippen molar-refractivity contribution in [3.05, 3.63) is 28.5 Å². The lowest BCUT2D eigenvalue weighted by molar-refractivity contribution is -0.163. The zero-order chi connectivity index (χ0) is 15.0. The van der Waals surface area contributed by atoms with Gasteiger partial charge in [0.2, 0.25) is 0 Å². The second kappa shape index (κ2) is 5.24. The van der Waals surface area contributed by atoms with Crippen LogP contribution in [0.2, 0.25) is 5.15 Å². The SMILES string of the molecule is CCCc1cc(C(=O)NC2(C(F)(F)F)CC2)cc(Cl)n1. The van der Waals surface area contributed by atoms with Crippen molar-refractivity contribution >= 4 is 17.5 Å². The number of hydrogen-bond acceptors (Lipinski definition) is 2. The molecule has 3 nitrogen and oxygen atoms in total. The van der Waals surface area contributed by atoms with Crippen molar-refractivity contribution < 1.29 is 18.0 Å². The number of nitrogens with one attached hydrogen (secondary N) is 1. The Morgan fingerprint density at radius 2 is 2.10 bits per heavy atom. The molecule has 0 unspecified atom stereocenters. The zero-order valence-electron chi connectivity index (χ0n) is 10.9. The number of carbonyl (C=O) groups is 1. The maximum Gasteiger partial charge on any atom is 0.411 e. The number of hydrogen-bond donors (Lipinski definition) is 1. The van der Waals surface area contributed by atoms with Crippen molar-refractivity contribution in [1.29, 1.82) is 0 Å². The van der Waals surface area contributed by atoms with E-state index >= 15 is 0 Å². The molecule has 1 aliphatic carbocycles. The molecular weight excluding hydrogens is 293 g/mol. The normalized spacial score (nSPS) is 16.9. The van der Waals surface area contributed by atoms with Gasteiger partial charge in [0.1, 0.15) is 10.7 Å². The van der Waals surface area contributed by atoms with Gasteiger partial charge in [0, 0.05) is 11.3 Å². The van der Waals surface area contributed by atoms with E-state index < -0.39 is 17.6 Å². The van der Waals surface area contributed by atoms with Gasteiger partial charge >= 0.3 is 6.18 Å². The smallest absolute Gasteiger partial charge is 0.338 e. The molecule has 1 fully saturated rings. The second-order valence-electron chi connectivity index (χ2n) is 4.95. The predicted octanol–water partition coefficient (Wildman–Crippen LogP) is 3.51. The minimum absolute atomic E-state index is 0.0805. The van der Waals surface area contributed by atoms with E-state index in [4.69, 9.17) is 11.6 Å². The number of halogens is 4. The Morgan fingerprint density at radius 1 is 1.45 bits per heavy atom. The predicted molar refractivity (Wildman–Crippen MR) is 68.7 cm³/mol. The molecule has 1 amide bonds. The van der Waals surface area contributed by atoms with Crippen LogP contribution in [0.15, 0.2) is 12.1 Å². The summed E-state index contributed by atoms with van der Waals surface area (Å²) in [4.78, 5) is 16.0. The molecular formula is C13H14ClF3N2O. The van der Waals surface area contributed by atoms with Crippen LogP contribution in [0.1, 0.15) is 42.2 Å². The highest BCUT2D eigenvalue weighted by molar-refractivity contribution is 6.29. The van der Waals surface area contributed by atoms with Gasteiger partial charge in [-0.05, 0) is 31.4 Å². The van der Waals surface area contributed by atoms with Crippen molar-refractivity contribution in [3.8, 4) is 0 Å². The molecule has 1 aromatic heterocycles. The van der Waals surface area contributed by atoms with Crippen LogP contribution in [0.3, 0.4) is 0 Å². The van der Waals surface area contributed by atoms with Crippen LogP contribution < -0.4 is 5.32 Å². The van der Waals surface area contributed by atoms with Gasteiger partial charge in [-0.1, -0.05) is 24.9 Å². The van der Waals surface area contributed by atoms with Gasteiger partial charge in [-0.2, -0.15) is 13.2 Å². The van der Waals surface area contributed by atoms with Crippen LogP contribution in [0.25, 0.3) is 0 Å². The Balaban J connectivity index is 2.18. The van der Waals surface area contributed by atoms with Crippen LogP contribution in [-0.2, 0) is 6.42 Å². The molecule has 1 aromatic rings. The Hall–Kier alpha value is -1.30. The maximum absolute atomic E-state index is 12.8. The van der Waals surface area contributed by atoms with E-state index in [0.717, 1.165) is 6.42 Å². The van der Waals surface area contributed by atoms with E-state index in [0.29, 0.717) is 12.1 Å². The van der Waals surface area contributed by atoms with Crippen LogP contribution in [0.5, 0.6) is 0 Å². The van der Waals surface area contributed by atoms with Crippen molar-refractivity contribution in [2.75, 3.05) is 0 Å². The average Bonchev–Trinajstić information content (AvgIpc) is 3.09. The Kier molecular flexibility index (Phi) is 3.95. The number of nitrogens with zero attached hydrogens (tertiary/aromatic N) is 1. The zero-order valence-corrected chi connectivity index (χ0v) is 11.6. The molecule has 1 saturated carbocycles. The first kappa shape index (κ1) is 15.1. The van der Waals surface area contributed by atoms with Crippen molar-refractivity contribution in [3.63, 3.8) is 0 Å². The summed E-state index contributed by atoms with van der Waals surface area (Å²) < 4.78 is 38.4. The summed E-state index contributed by atoms with van der Waals surface area (Å²) in [5, 5.41) is 2.18. The fraction of sp³-hybridized carbons (Fsp3) is 0.538. The fourth-order valence-electron chi connectivity index (χ4n) is 1.96. The molecule has 1 heterocycles. The summed E-state index contributed by atoms with van der Waals surface area (Å²) in [6, 6.07) is 2.76. The molecule has 0 bridgehead atoms. The number of alkyl halides is 3. The van der Waals surface area contributed by atoms with Gasteiger partial charge < -0.3 is 5.32 Å².